The number of aromatic hydroxyl groups is 1. The molecule has 0 saturated heterocycles. The van der Waals surface area contributed by atoms with E-state index < -0.39 is 5.41 Å². The van der Waals surface area contributed by atoms with E-state index in [0.717, 1.165) is 22.6 Å². The Hall–Kier alpha value is -4.82. The molecule has 40 heavy (non-hydrogen) atoms. The van der Waals surface area contributed by atoms with Crippen molar-refractivity contribution in [1.29, 1.82) is 0 Å². The molecule has 2 nitrogen and oxygen atoms in total. The van der Waals surface area contributed by atoms with Gasteiger partial charge in [-0.1, -0.05) is 111 Å². The van der Waals surface area contributed by atoms with Crippen LogP contribution in [-0.2, 0) is 5.41 Å². The Morgan fingerprint density at radius 3 is 1.50 bits per heavy atom. The highest BCUT2D eigenvalue weighted by Crippen LogP contribution is 2.56. The summed E-state index contributed by atoms with van der Waals surface area (Å²) in [5.74, 6) is 1.87. The predicted molar refractivity (Wildman–Crippen MR) is 165 cm³/mol. The van der Waals surface area contributed by atoms with Crippen LogP contribution in [0.25, 0.3) is 16.7 Å². The zero-order chi connectivity index (χ0) is 27.7. The Morgan fingerprint density at radius 2 is 1.00 bits per heavy atom. The molecule has 0 spiro atoms. The van der Waals surface area contributed by atoms with Gasteiger partial charge >= 0.3 is 0 Å². The molecule has 196 valence electrons. The van der Waals surface area contributed by atoms with Crippen molar-refractivity contribution < 1.29 is 9.84 Å². The van der Waals surface area contributed by atoms with Crippen molar-refractivity contribution in [1.82, 2.24) is 0 Å². The van der Waals surface area contributed by atoms with Gasteiger partial charge < -0.3 is 9.84 Å². The molecule has 2 aliphatic carbocycles. The molecule has 7 rings (SSSR count). The lowest BCUT2D eigenvalue weighted by atomic mass is 9.68. The van der Waals surface area contributed by atoms with Gasteiger partial charge in [0.15, 0.2) is 0 Å². The summed E-state index contributed by atoms with van der Waals surface area (Å²) in [5.41, 5.74) is 10.5. The molecule has 0 fully saturated rings. The van der Waals surface area contributed by atoms with Crippen molar-refractivity contribution in [3.05, 3.63) is 167 Å². The molecule has 0 radical (unpaired) electrons. The Kier molecular flexibility index (Phi) is 6.61. The number of hydrogen-bond acceptors (Lipinski definition) is 2. The first-order chi connectivity index (χ1) is 19.6. The number of hydrogen-bond donors (Lipinski definition) is 1. The van der Waals surface area contributed by atoms with E-state index in [2.05, 4.69) is 104 Å². The molecule has 2 aliphatic rings. The first-order valence-electron chi connectivity index (χ1n) is 13.9. The van der Waals surface area contributed by atoms with E-state index in [0.29, 0.717) is 0 Å². The summed E-state index contributed by atoms with van der Waals surface area (Å²) >= 11 is 0. The molecule has 2 heteroatoms. The fourth-order valence-corrected chi connectivity index (χ4v) is 6.00. The number of rotatable bonds is 5. The average molecular weight is 521 g/mol. The van der Waals surface area contributed by atoms with Gasteiger partial charge in [-0.05, 0) is 93.4 Å². The molecular formula is C38H32O2. The SMILES string of the molecule is CC.CC1=CC(c2ccc(Oc3ccc(C4(c5ccc(O)cc5)c5ccccc5-c5ccccc54)cc3)cc2)=C1. The summed E-state index contributed by atoms with van der Waals surface area (Å²) in [4.78, 5) is 0. The lowest BCUT2D eigenvalue weighted by Gasteiger charge is -2.34. The maximum atomic E-state index is 10.1. The topological polar surface area (TPSA) is 29.5 Å². The van der Waals surface area contributed by atoms with Gasteiger partial charge in [0.25, 0.3) is 0 Å². The van der Waals surface area contributed by atoms with Gasteiger partial charge in [-0.2, -0.15) is 0 Å². The van der Waals surface area contributed by atoms with E-state index in [9.17, 15) is 5.11 Å². The quantitative estimate of drug-likeness (QED) is 0.245. The molecule has 0 aromatic heterocycles. The summed E-state index contributed by atoms with van der Waals surface area (Å²) in [7, 11) is 0. The molecule has 5 aromatic carbocycles. The Morgan fingerprint density at radius 1 is 0.550 bits per heavy atom. The van der Waals surface area contributed by atoms with Crippen molar-refractivity contribution in [3.8, 4) is 28.4 Å². The van der Waals surface area contributed by atoms with Gasteiger partial charge in [0.05, 0.1) is 5.41 Å². The van der Waals surface area contributed by atoms with Crippen LogP contribution >= 0.6 is 0 Å². The Bertz CT molecular complexity index is 1680. The Labute approximate surface area is 236 Å². The molecule has 0 atom stereocenters. The third kappa shape index (κ3) is 4.13. The van der Waals surface area contributed by atoms with Gasteiger partial charge in [-0.25, -0.2) is 0 Å². The molecule has 5 aromatic rings. The second-order valence-corrected chi connectivity index (χ2v) is 10.0. The van der Waals surface area contributed by atoms with Gasteiger partial charge in [-0.15, -0.1) is 0 Å². The first kappa shape index (κ1) is 25.5. The zero-order valence-corrected chi connectivity index (χ0v) is 23.1. The van der Waals surface area contributed by atoms with Gasteiger partial charge in [-0.3, -0.25) is 0 Å². The first-order valence-corrected chi connectivity index (χ1v) is 13.9. The highest BCUT2D eigenvalue weighted by molar-refractivity contribution is 5.86. The summed E-state index contributed by atoms with van der Waals surface area (Å²) < 4.78 is 6.23. The van der Waals surface area contributed by atoms with Gasteiger partial charge in [0.2, 0.25) is 0 Å². The lowest BCUT2D eigenvalue weighted by molar-refractivity contribution is 0.475. The molecule has 0 saturated carbocycles. The number of phenolic OH excluding ortho intramolecular Hbond substituents is 1. The van der Waals surface area contributed by atoms with Gasteiger partial charge in [0, 0.05) is 0 Å². The molecule has 0 aliphatic heterocycles. The summed E-state index contributed by atoms with van der Waals surface area (Å²) in [6, 6.07) is 41.6. The van der Waals surface area contributed by atoms with Crippen LogP contribution in [0.1, 0.15) is 48.6 Å². The van der Waals surface area contributed by atoms with Crippen molar-refractivity contribution >= 4 is 5.57 Å². The largest absolute Gasteiger partial charge is 0.508 e. The minimum absolute atomic E-state index is 0.262. The van der Waals surface area contributed by atoms with Crippen molar-refractivity contribution in [2.45, 2.75) is 26.2 Å². The second-order valence-electron chi connectivity index (χ2n) is 10.0. The summed E-state index contributed by atoms with van der Waals surface area (Å²) in [6.45, 7) is 6.11. The molecule has 0 unspecified atom stereocenters. The van der Waals surface area contributed by atoms with Gasteiger partial charge in [0.1, 0.15) is 17.2 Å². The number of phenols is 1. The maximum Gasteiger partial charge on any atom is 0.127 e. The Balaban J connectivity index is 0.00000142. The van der Waals surface area contributed by atoms with Crippen molar-refractivity contribution in [2.75, 3.05) is 0 Å². The van der Waals surface area contributed by atoms with Crippen LogP contribution in [0.3, 0.4) is 0 Å². The predicted octanol–water partition coefficient (Wildman–Crippen LogP) is 9.92. The van der Waals surface area contributed by atoms with E-state index in [-0.39, 0.29) is 5.75 Å². The second kappa shape index (κ2) is 10.4. The maximum absolute atomic E-state index is 10.1. The molecule has 0 amide bonds. The molecule has 1 N–H and O–H groups in total. The fraction of sp³-hybridized carbons (Fsp3) is 0.105. The van der Waals surface area contributed by atoms with Crippen LogP contribution in [0.4, 0.5) is 0 Å². The van der Waals surface area contributed by atoms with E-state index in [1.165, 1.54) is 39.0 Å². The average Bonchev–Trinajstić information content (AvgIpc) is 3.29. The normalized spacial score (nSPS) is 14.0. The van der Waals surface area contributed by atoms with E-state index >= 15 is 0 Å². The van der Waals surface area contributed by atoms with Crippen molar-refractivity contribution in [3.63, 3.8) is 0 Å². The van der Waals surface area contributed by atoms with Crippen LogP contribution in [0.15, 0.2) is 139 Å². The number of benzene rings is 5. The minimum atomic E-state index is -0.497. The van der Waals surface area contributed by atoms with Crippen molar-refractivity contribution in [2.24, 2.45) is 0 Å². The summed E-state index contributed by atoms with van der Waals surface area (Å²) in [6.07, 6.45) is 4.38. The lowest BCUT2D eigenvalue weighted by Crippen LogP contribution is -2.28. The number of fused-ring (bicyclic) bond motifs is 3. The number of ether oxygens (including phenoxy) is 1. The fourth-order valence-electron chi connectivity index (χ4n) is 6.00. The standard InChI is InChI=1S/C36H26O2.C2H6/c1-24-22-26(23-24)25-10-18-30(19-11-25)38-31-20-14-28(15-21-31)36(27-12-16-29(37)17-13-27)34-8-4-2-6-32(34)33-7-3-5-9-35(33)36;1-2/h2-23,37H,1H3;1-2H3. The van der Waals surface area contributed by atoms with E-state index in [4.69, 9.17) is 4.74 Å². The number of allylic oxidation sites excluding steroid dienone is 4. The highest BCUT2D eigenvalue weighted by Gasteiger charge is 2.45. The zero-order valence-electron chi connectivity index (χ0n) is 23.1. The summed E-state index contributed by atoms with van der Waals surface area (Å²) in [5, 5.41) is 10.1. The van der Waals surface area contributed by atoms with Crippen LogP contribution in [0.2, 0.25) is 0 Å². The third-order valence-electron chi connectivity index (χ3n) is 7.73. The molecule has 0 heterocycles. The smallest absolute Gasteiger partial charge is 0.127 e. The van der Waals surface area contributed by atoms with Crippen LogP contribution < -0.4 is 4.74 Å². The van der Waals surface area contributed by atoms with Crippen LogP contribution in [0, 0.1) is 0 Å². The molecular weight excluding hydrogens is 488 g/mol. The van der Waals surface area contributed by atoms with E-state index in [1.807, 2.05) is 38.1 Å². The minimum Gasteiger partial charge on any atom is -0.508 e. The highest BCUT2D eigenvalue weighted by atomic mass is 16.5. The van der Waals surface area contributed by atoms with Crippen LogP contribution in [-0.4, -0.2) is 5.11 Å². The van der Waals surface area contributed by atoms with E-state index in [1.54, 1.807) is 12.1 Å². The van der Waals surface area contributed by atoms with Crippen LogP contribution in [0.5, 0.6) is 17.2 Å². The third-order valence-corrected chi connectivity index (χ3v) is 7.73. The monoisotopic (exact) mass is 520 g/mol. The molecule has 0 bridgehead atoms.